The summed E-state index contributed by atoms with van der Waals surface area (Å²) in [7, 11) is 0. The van der Waals surface area contributed by atoms with Gasteiger partial charge in [-0.1, -0.05) is 44.2 Å². The molecule has 138 valence electrons. The number of nitrogens with one attached hydrogen (secondary N) is 3. The van der Waals surface area contributed by atoms with E-state index in [1.54, 1.807) is 0 Å². The Morgan fingerprint density at radius 3 is 2.60 bits per heavy atom. The summed E-state index contributed by atoms with van der Waals surface area (Å²) >= 11 is 0. The zero-order valence-corrected chi connectivity index (χ0v) is 15.5. The fourth-order valence-corrected chi connectivity index (χ4v) is 4.02. The number of nitrogens with zero attached hydrogens (tertiary/aromatic N) is 1. The summed E-state index contributed by atoms with van der Waals surface area (Å²) in [5.74, 6) is 0.748. The molecule has 1 aromatic rings. The van der Waals surface area contributed by atoms with Crippen molar-refractivity contribution in [3.63, 3.8) is 0 Å². The van der Waals surface area contributed by atoms with E-state index in [4.69, 9.17) is 0 Å². The highest BCUT2D eigenvalue weighted by Crippen LogP contribution is 2.24. The number of benzene rings is 1. The van der Waals surface area contributed by atoms with Gasteiger partial charge < -0.3 is 5.32 Å². The van der Waals surface area contributed by atoms with E-state index < -0.39 is 0 Å². The van der Waals surface area contributed by atoms with Crippen molar-refractivity contribution in [3.05, 3.63) is 35.9 Å². The Morgan fingerprint density at radius 2 is 1.92 bits per heavy atom. The Kier molecular flexibility index (Phi) is 6.45. The first-order valence-electron chi connectivity index (χ1n) is 9.71. The zero-order valence-electron chi connectivity index (χ0n) is 15.5. The van der Waals surface area contributed by atoms with E-state index >= 15 is 0 Å². The van der Waals surface area contributed by atoms with E-state index in [0.29, 0.717) is 18.5 Å². The molecular weight excluding hydrogens is 312 g/mol. The van der Waals surface area contributed by atoms with Gasteiger partial charge in [-0.15, -0.1) is 0 Å². The molecule has 25 heavy (non-hydrogen) atoms. The predicted octanol–water partition coefficient (Wildman–Crippen LogP) is 2.22. The number of amides is 1. The third kappa shape index (κ3) is 5.03. The monoisotopic (exact) mass is 344 g/mol. The van der Waals surface area contributed by atoms with Crippen LogP contribution < -0.4 is 16.2 Å². The molecule has 0 bridgehead atoms. The van der Waals surface area contributed by atoms with Crippen LogP contribution in [0, 0.1) is 5.92 Å². The van der Waals surface area contributed by atoms with Gasteiger partial charge in [0.2, 0.25) is 5.91 Å². The molecule has 0 spiro atoms. The average molecular weight is 345 g/mol. The number of likely N-dealkylation sites (tertiary alicyclic amines) is 1. The van der Waals surface area contributed by atoms with Gasteiger partial charge in [-0.05, 0) is 50.3 Å². The Hall–Kier alpha value is -1.43. The predicted molar refractivity (Wildman–Crippen MR) is 101 cm³/mol. The minimum Gasteiger partial charge on any atom is -0.353 e. The van der Waals surface area contributed by atoms with Gasteiger partial charge in [0.1, 0.15) is 6.04 Å². The van der Waals surface area contributed by atoms with Crippen LogP contribution in [0.2, 0.25) is 0 Å². The maximum absolute atomic E-state index is 12.6. The lowest BCUT2D eigenvalue weighted by molar-refractivity contribution is -0.123. The molecule has 5 nitrogen and oxygen atoms in total. The van der Waals surface area contributed by atoms with Gasteiger partial charge in [-0.2, -0.15) is 0 Å². The average Bonchev–Trinajstić information content (AvgIpc) is 3.27. The highest BCUT2D eigenvalue weighted by molar-refractivity contribution is 5.82. The van der Waals surface area contributed by atoms with Crippen LogP contribution in [-0.2, 0) is 4.79 Å². The van der Waals surface area contributed by atoms with Crippen LogP contribution in [0.25, 0.3) is 0 Å². The number of carbonyl (C=O) groups excluding carboxylic acids is 1. The van der Waals surface area contributed by atoms with Crippen molar-refractivity contribution < 1.29 is 4.79 Å². The van der Waals surface area contributed by atoms with Crippen molar-refractivity contribution in [2.75, 3.05) is 19.6 Å². The van der Waals surface area contributed by atoms with E-state index in [1.807, 2.05) is 6.07 Å². The Bertz CT molecular complexity index is 542. The molecule has 3 atom stereocenters. The first-order valence-corrected chi connectivity index (χ1v) is 9.71. The first-order chi connectivity index (χ1) is 12.1. The number of hydrazine groups is 1. The van der Waals surface area contributed by atoms with Gasteiger partial charge in [-0.25, -0.2) is 5.43 Å². The molecule has 1 aromatic carbocycles. The summed E-state index contributed by atoms with van der Waals surface area (Å²) in [6.45, 7) is 7.35. The smallest absolute Gasteiger partial charge is 0.238 e. The lowest BCUT2D eigenvalue weighted by Gasteiger charge is -2.28. The van der Waals surface area contributed by atoms with Crippen LogP contribution in [0.15, 0.2) is 30.3 Å². The van der Waals surface area contributed by atoms with Crippen LogP contribution in [0.4, 0.5) is 0 Å². The minimum atomic E-state index is -0.126. The molecule has 1 amide bonds. The van der Waals surface area contributed by atoms with Crippen LogP contribution in [0.3, 0.4) is 0 Å². The van der Waals surface area contributed by atoms with Crippen molar-refractivity contribution in [2.24, 2.45) is 5.92 Å². The number of carbonyl (C=O) groups is 1. The zero-order chi connectivity index (χ0) is 17.6. The molecule has 0 radical (unpaired) electrons. The van der Waals surface area contributed by atoms with Crippen molar-refractivity contribution in [3.8, 4) is 0 Å². The molecule has 3 rings (SSSR count). The Labute approximate surface area is 151 Å². The summed E-state index contributed by atoms with van der Waals surface area (Å²) in [5, 5.41) is 3.19. The summed E-state index contributed by atoms with van der Waals surface area (Å²) in [5.41, 5.74) is 7.73. The van der Waals surface area contributed by atoms with Crippen molar-refractivity contribution in [1.82, 2.24) is 21.1 Å². The van der Waals surface area contributed by atoms with Gasteiger partial charge in [0, 0.05) is 12.6 Å². The van der Waals surface area contributed by atoms with E-state index in [1.165, 1.54) is 18.4 Å². The second-order valence-corrected chi connectivity index (χ2v) is 7.82. The topological polar surface area (TPSA) is 56.4 Å². The number of hydrogen-bond donors (Lipinski definition) is 3. The highest BCUT2D eigenvalue weighted by Gasteiger charge is 2.30. The van der Waals surface area contributed by atoms with E-state index in [0.717, 1.165) is 25.9 Å². The molecule has 2 aliphatic heterocycles. The standard InChI is InChI=1S/C20H32N4O/c1-15(2)12-17-13-18(23-22-17)20(25)21-14-19(24-10-6-7-11-24)16-8-4-3-5-9-16/h3-5,8-9,15,17-19,22-23H,6-7,10-14H2,1-2H3,(H,21,25). The summed E-state index contributed by atoms with van der Waals surface area (Å²) in [6, 6.07) is 11.1. The number of rotatable bonds is 7. The molecular formula is C20H32N4O. The second-order valence-electron chi connectivity index (χ2n) is 7.82. The fraction of sp³-hybridized carbons (Fsp3) is 0.650. The highest BCUT2D eigenvalue weighted by atomic mass is 16.2. The molecule has 0 saturated carbocycles. The Morgan fingerprint density at radius 1 is 1.20 bits per heavy atom. The van der Waals surface area contributed by atoms with E-state index in [-0.39, 0.29) is 18.0 Å². The summed E-state index contributed by atoms with van der Waals surface area (Å²) in [6.07, 6.45) is 4.46. The molecule has 2 saturated heterocycles. The molecule has 0 aliphatic carbocycles. The molecule has 2 heterocycles. The van der Waals surface area contributed by atoms with Crippen molar-refractivity contribution >= 4 is 5.91 Å². The van der Waals surface area contributed by atoms with Gasteiger partial charge in [0.05, 0.1) is 6.04 Å². The van der Waals surface area contributed by atoms with Crippen molar-refractivity contribution in [1.29, 1.82) is 0 Å². The summed E-state index contributed by atoms with van der Waals surface area (Å²) in [4.78, 5) is 15.1. The molecule has 0 aromatic heterocycles. The largest absolute Gasteiger partial charge is 0.353 e. The lowest BCUT2D eigenvalue weighted by atomic mass is 9.99. The minimum absolute atomic E-state index is 0.110. The second kappa shape index (κ2) is 8.79. The van der Waals surface area contributed by atoms with Gasteiger partial charge in [-0.3, -0.25) is 15.1 Å². The van der Waals surface area contributed by atoms with Gasteiger partial charge in [0.15, 0.2) is 0 Å². The normalized spacial score (nSPS) is 25.4. The maximum atomic E-state index is 12.6. The van der Waals surface area contributed by atoms with Crippen LogP contribution in [0.1, 0.15) is 51.1 Å². The van der Waals surface area contributed by atoms with Gasteiger partial charge >= 0.3 is 0 Å². The van der Waals surface area contributed by atoms with E-state index in [9.17, 15) is 4.79 Å². The van der Waals surface area contributed by atoms with Crippen molar-refractivity contribution in [2.45, 2.75) is 57.7 Å². The summed E-state index contributed by atoms with van der Waals surface area (Å²) < 4.78 is 0. The molecule has 2 aliphatic rings. The number of hydrogen-bond acceptors (Lipinski definition) is 4. The van der Waals surface area contributed by atoms with Crippen LogP contribution in [0.5, 0.6) is 0 Å². The van der Waals surface area contributed by atoms with Crippen LogP contribution in [-0.4, -0.2) is 42.5 Å². The molecule has 3 unspecified atom stereocenters. The first kappa shape index (κ1) is 18.4. The van der Waals surface area contributed by atoms with Crippen LogP contribution >= 0.6 is 0 Å². The van der Waals surface area contributed by atoms with E-state index in [2.05, 4.69) is 59.2 Å². The van der Waals surface area contributed by atoms with Gasteiger partial charge in [0.25, 0.3) is 0 Å². The lowest BCUT2D eigenvalue weighted by Crippen LogP contribution is -2.46. The fourth-order valence-electron chi connectivity index (χ4n) is 4.02. The molecule has 5 heteroatoms. The third-order valence-electron chi connectivity index (χ3n) is 5.29. The Balaban J connectivity index is 1.55. The maximum Gasteiger partial charge on any atom is 0.238 e. The molecule has 2 fully saturated rings. The third-order valence-corrected chi connectivity index (χ3v) is 5.29. The molecule has 3 N–H and O–H groups in total. The SMILES string of the molecule is CC(C)CC1CC(C(=O)NCC(c2ccccc2)N2CCCC2)NN1. The quantitative estimate of drug-likeness (QED) is 0.710.